The van der Waals surface area contributed by atoms with Crippen molar-refractivity contribution in [2.24, 2.45) is 0 Å². The van der Waals surface area contributed by atoms with Crippen molar-refractivity contribution in [3.8, 4) is 5.82 Å². The van der Waals surface area contributed by atoms with Crippen molar-refractivity contribution in [2.45, 2.75) is 31.3 Å². The zero-order valence-electron chi connectivity index (χ0n) is 15.2. The first kappa shape index (κ1) is 17.6. The minimum Gasteiger partial charge on any atom is -0.317 e. The van der Waals surface area contributed by atoms with E-state index in [0.717, 1.165) is 11.8 Å². The Morgan fingerprint density at radius 2 is 1.96 bits per heavy atom. The van der Waals surface area contributed by atoms with E-state index in [9.17, 15) is 14.0 Å². The quantitative estimate of drug-likeness (QED) is 0.826. The third-order valence-electron chi connectivity index (χ3n) is 5.61. The van der Waals surface area contributed by atoms with Gasteiger partial charge in [0.2, 0.25) is 0 Å². The van der Waals surface area contributed by atoms with E-state index in [1.165, 1.54) is 15.8 Å². The summed E-state index contributed by atoms with van der Waals surface area (Å²) < 4.78 is 14.4. The molecule has 2 aliphatic heterocycles. The van der Waals surface area contributed by atoms with Crippen molar-refractivity contribution in [1.29, 1.82) is 0 Å². The summed E-state index contributed by atoms with van der Waals surface area (Å²) in [4.78, 5) is 33.2. The molecule has 1 atom stereocenters. The maximum atomic E-state index is 13.2. The first-order chi connectivity index (χ1) is 12.9. The number of urea groups is 1. The van der Waals surface area contributed by atoms with Crippen molar-refractivity contribution >= 4 is 11.9 Å². The van der Waals surface area contributed by atoms with Gasteiger partial charge >= 0.3 is 6.03 Å². The molecule has 2 saturated heterocycles. The molecule has 2 aromatic rings. The Bertz CT molecular complexity index is 874. The standard InChI is InChI=1S/C18H21FN6O2/c1-12(13-3-4-15(21-9-13)24-11-14(19)10-22-24)25-16(26)18(23(2)17(25)27)5-7-20-8-6-18/h3-4,9-12,20H,5-8H2,1-2H3/t12-/m0/s1. The lowest BCUT2D eigenvalue weighted by atomic mass is 9.87. The van der Waals surface area contributed by atoms with Crippen molar-refractivity contribution < 1.29 is 14.0 Å². The lowest BCUT2D eigenvalue weighted by Crippen LogP contribution is -2.54. The van der Waals surface area contributed by atoms with Crippen LogP contribution < -0.4 is 5.32 Å². The molecule has 4 heterocycles. The second-order valence-electron chi connectivity index (χ2n) is 7.03. The number of rotatable bonds is 3. The number of carbonyl (C=O) groups is 2. The van der Waals surface area contributed by atoms with E-state index in [4.69, 9.17) is 0 Å². The number of imide groups is 1. The molecule has 142 valence electrons. The average molecular weight is 372 g/mol. The molecule has 2 aromatic heterocycles. The molecule has 0 aliphatic carbocycles. The lowest BCUT2D eigenvalue weighted by molar-refractivity contribution is -0.135. The molecular weight excluding hydrogens is 351 g/mol. The van der Waals surface area contributed by atoms with Gasteiger partial charge in [0.15, 0.2) is 11.6 Å². The predicted molar refractivity (Wildman–Crippen MR) is 94.6 cm³/mol. The molecule has 0 unspecified atom stereocenters. The highest BCUT2D eigenvalue weighted by molar-refractivity contribution is 6.07. The number of nitrogens with one attached hydrogen (secondary N) is 1. The zero-order valence-corrected chi connectivity index (χ0v) is 15.2. The number of hydrogen-bond acceptors (Lipinski definition) is 5. The molecule has 9 heteroatoms. The third-order valence-corrected chi connectivity index (χ3v) is 5.61. The number of amides is 3. The van der Waals surface area contributed by atoms with Gasteiger partial charge in [-0.25, -0.2) is 18.9 Å². The van der Waals surface area contributed by atoms with Gasteiger partial charge in [-0.2, -0.15) is 5.10 Å². The largest absolute Gasteiger partial charge is 0.327 e. The Morgan fingerprint density at radius 3 is 2.56 bits per heavy atom. The summed E-state index contributed by atoms with van der Waals surface area (Å²) in [6, 6.07) is 2.73. The molecule has 0 radical (unpaired) electrons. The number of hydrogen-bond donors (Lipinski definition) is 1. The fourth-order valence-electron chi connectivity index (χ4n) is 3.89. The summed E-state index contributed by atoms with van der Waals surface area (Å²) in [5, 5.41) is 7.11. The summed E-state index contributed by atoms with van der Waals surface area (Å²) in [7, 11) is 1.70. The van der Waals surface area contributed by atoms with Crippen LogP contribution in [0, 0.1) is 5.82 Å². The van der Waals surface area contributed by atoms with Crippen LogP contribution in [-0.4, -0.2) is 62.2 Å². The van der Waals surface area contributed by atoms with Gasteiger partial charge in [-0.05, 0) is 44.5 Å². The fourth-order valence-corrected chi connectivity index (χ4v) is 3.89. The van der Waals surface area contributed by atoms with Crippen LogP contribution in [0.15, 0.2) is 30.7 Å². The number of nitrogens with zero attached hydrogens (tertiary/aromatic N) is 5. The smallest absolute Gasteiger partial charge is 0.317 e. The van der Waals surface area contributed by atoms with Crippen molar-refractivity contribution in [2.75, 3.05) is 20.1 Å². The van der Waals surface area contributed by atoms with E-state index in [2.05, 4.69) is 15.4 Å². The van der Waals surface area contributed by atoms with Crippen LogP contribution in [-0.2, 0) is 4.79 Å². The van der Waals surface area contributed by atoms with E-state index in [1.807, 2.05) is 6.92 Å². The predicted octanol–water partition coefficient (Wildman–Crippen LogP) is 1.48. The van der Waals surface area contributed by atoms with Gasteiger partial charge in [0.1, 0.15) is 5.54 Å². The summed E-state index contributed by atoms with van der Waals surface area (Å²) in [5.74, 6) is -0.138. The van der Waals surface area contributed by atoms with Crippen LogP contribution in [0.5, 0.6) is 0 Å². The molecule has 4 rings (SSSR count). The molecule has 0 bridgehead atoms. The first-order valence-electron chi connectivity index (χ1n) is 8.93. The van der Waals surface area contributed by atoms with Gasteiger partial charge in [0.25, 0.3) is 5.91 Å². The maximum Gasteiger partial charge on any atom is 0.327 e. The van der Waals surface area contributed by atoms with Crippen molar-refractivity contribution in [1.82, 2.24) is 29.9 Å². The van der Waals surface area contributed by atoms with Crippen LogP contribution in [0.3, 0.4) is 0 Å². The Morgan fingerprint density at radius 1 is 1.22 bits per heavy atom. The topological polar surface area (TPSA) is 83.4 Å². The fraction of sp³-hybridized carbons (Fsp3) is 0.444. The van der Waals surface area contributed by atoms with Crippen LogP contribution in [0.2, 0.25) is 0 Å². The summed E-state index contributed by atoms with van der Waals surface area (Å²) >= 11 is 0. The van der Waals surface area contributed by atoms with E-state index in [-0.39, 0.29) is 11.9 Å². The summed E-state index contributed by atoms with van der Waals surface area (Å²) in [5.41, 5.74) is -0.0243. The molecule has 2 aliphatic rings. The normalized spacial score (nSPS) is 20.6. The Kier molecular flexibility index (Phi) is 4.18. The summed E-state index contributed by atoms with van der Waals surface area (Å²) in [6.07, 6.45) is 5.15. The Hall–Kier alpha value is -2.81. The highest BCUT2D eigenvalue weighted by atomic mass is 19.1. The first-order valence-corrected chi connectivity index (χ1v) is 8.93. The molecule has 1 spiro atoms. The Labute approximate surface area is 156 Å². The minimum atomic E-state index is -0.753. The van der Waals surface area contributed by atoms with Crippen LogP contribution in [0.1, 0.15) is 31.4 Å². The van der Waals surface area contributed by atoms with E-state index in [1.54, 1.807) is 30.3 Å². The molecule has 1 N–H and O–H groups in total. The monoisotopic (exact) mass is 372 g/mol. The van der Waals surface area contributed by atoms with Gasteiger partial charge < -0.3 is 10.2 Å². The summed E-state index contributed by atoms with van der Waals surface area (Å²) in [6.45, 7) is 3.23. The molecule has 8 nitrogen and oxygen atoms in total. The number of pyridine rings is 1. The second-order valence-corrected chi connectivity index (χ2v) is 7.03. The van der Waals surface area contributed by atoms with Gasteiger partial charge in [-0.1, -0.05) is 6.07 Å². The number of likely N-dealkylation sites (N-methyl/N-ethyl adjacent to an activating group) is 1. The second kappa shape index (κ2) is 6.41. The highest BCUT2D eigenvalue weighted by Crippen LogP contribution is 2.38. The molecule has 0 aromatic carbocycles. The van der Waals surface area contributed by atoms with Gasteiger partial charge in [-0.15, -0.1) is 0 Å². The maximum absolute atomic E-state index is 13.2. The van der Waals surface area contributed by atoms with E-state index in [0.29, 0.717) is 31.7 Å². The minimum absolute atomic E-state index is 0.151. The molecular formula is C18H21FN6O2. The van der Waals surface area contributed by atoms with Crippen molar-refractivity contribution in [3.63, 3.8) is 0 Å². The van der Waals surface area contributed by atoms with Crippen LogP contribution >= 0.6 is 0 Å². The average Bonchev–Trinajstić information content (AvgIpc) is 3.20. The molecule has 0 saturated carbocycles. The Balaban J connectivity index is 1.59. The zero-order chi connectivity index (χ0) is 19.2. The van der Waals surface area contributed by atoms with Gasteiger partial charge in [0, 0.05) is 13.2 Å². The third kappa shape index (κ3) is 2.69. The lowest BCUT2D eigenvalue weighted by Gasteiger charge is -2.36. The highest BCUT2D eigenvalue weighted by Gasteiger charge is 2.56. The number of aromatic nitrogens is 3. The van der Waals surface area contributed by atoms with Gasteiger partial charge in [-0.3, -0.25) is 9.69 Å². The molecule has 27 heavy (non-hydrogen) atoms. The van der Waals surface area contributed by atoms with Crippen LogP contribution in [0.4, 0.5) is 9.18 Å². The number of halogens is 1. The SMILES string of the molecule is C[C@@H](c1ccc(-n2cc(F)cn2)nc1)N1C(=O)N(C)C2(CCNCC2)C1=O. The van der Waals surface area contributed by atoms with E-state index >= 15 is 0 Å². The van der Waals surface area contributed by atoms with Crippen molar-refractivity contribution in [3.05, 3.63) is 42.1 Å². The van der Waals surface area contributed by atoms with Crippen LogP contribution in [0.25, 0.3) is 5.82 Å². The van der Waals surface area contributed by atoms with E-state index < -0.39 is 17.4 Å². The molecule has 2 fully saturated rings. The number of piperidine rings is 1. The number of carbonyl (C=O) groups excluding carboxylic acids is 2. The van der Waals surface area contributed by atoms with Gasteiger partial charge in [0.05, 0.1) is 18.4 Å². The molecule has 3 amide bonds.